The number of nitrogens with one attached hydrogen (secondary N) is 3. The minimum atomic E-state index is -0.521. The predicted octanol–water partition coefficient (Wildman–Crippen LogP) is -0.115. The van der Waals surface area contributed by atoms with Gasteiger partial charge in [0.25, 0.3) is 0 Å². The zero-order valence-electron chi connectivity index (χ0n) is 15.1. The van der Waals surface area contributed by atoms with Crippen LogP contribution in [-0.4, -0.2) is 62.8 Å². The van der Waals surface area contributed by atoms with Crippen LogP contribution >= 0.6 is 0 Å². The van der Waals surface area contributed by atoms with Gasteiger partial charge in [-0.3, -0.25) is 14.4 Å². The van der Waals surface area contributed by atoms with Gasteiger partial charge in [-0.15, -0.1) is 6.58 Å². The van der Waals surface area contributed by atoms with Crippen molar-refractivity contribution in [2.24, 2.45) is 0 Å². The topological polar surface area (TPSA) is 106 Å². The lowest BCUT2D eigenvalue weighted by Crippen LogP contribution is -2.44. The number of hydrogen-bond acceptors (Lipinski definition) is 5. The Kier molecular flexibility index (Phi) is 9.15. The second kappa shape index (κ2) is 10.8. The van der Waals surface area contributed by atoms with Crippen LogP contribution in [0.5, 0.6) is 0 Å². The lowest BCUT2D eigenvalue weighted by atomic mass is 9.83. The summed E-state index contributed by atoms with van der Waals surface area (Å²) in [7, 11) is 1.48. The van der Waals surface area contributed by atoms with Crippen molar-refractivity contribution in [1.82, 2.24) is 16.0 Å². The van der Waals surface area contributed by atoms with Crippen molar-refractivity contribution in [2.45, 2.75) is 44.3 Å². The zero-order valence-corrected chi connectivity index (χ0v) is 15.1. The van der Waals surface area contributed by atoms with Crippen molar-refractivity contribution < 1.29 is 23.9 Å². The van der Waals surface area contributed by atoms with Gasteiger partial charge in [-0.1, -0.05) is 6.08 Å². The van der Waals surface area contributed by atoms with E-state index in [4.69, 9.17) is 9.47 Å². The van der Waals surface area contributed by atoms with Crippen LogP contribution in [-0.2, 0) is 23.9 Å². The van der Waals surface area contributed by atoms with Crippen molar-refractivity contribution in [3.8, 4) is 0 Å². The minimum absolute atomic E-state index is 0.123. The second-order valence-corrected chi connectivity index (χ2v) is 5.94. The summed E-state index contributed by atoms with van der Waals surface area (Å²) in [6, 6.07) is 0. The number of carbonyl (C=O) groups is 3. The van der Waals surface area contributed by atoms with E-state index in [1.165, 1.54) is 7.05 Å². The molecule has 3 amide bonds. The van der Waals surface area contributed by atoms with Crippen LogP contribution in [0.15, 0.2) is 12.7 Å². The van der Waals surface area contributed by atoms with Crippen LogP contribution < -0.4 is 16.0 Å². The number of ether oxygens (including phenoxy) is 2. The standard InChI is InChI=1S/C17H29N3O5/c1-4-17(8-6-13(7-9-17)24-5-2)25-12-16(23)20-11-15(22)19-10-14(21)18-3/h4,13H,1,5-12H2,2-3H3,(H,18,21)(H,19,22)(H,20,23). The molecule has 0 aliphatic heterocycles. The molecule has 0 aromatic heterocycles. The molecule has 142 valence electrons. The molecule has 3 N–H and O–H groups in total. The quantitative estimate of drug-likeness (QED) is 0.474. The highest BCUT2D eigenvalue weighted by Crippen LogP contribution is 2.33. The Bertz CT molecular complexity index is 473. The van der Waals surface area contributed by atoms with Crippen LogP contribution in [0.25, 0.3) is 0 Å². The Morgan fingerprint density at radius 3 is 2.28 bits per heavy atom. The molecule has 0 saturated heterocycles. The molecular formula is C17H29N3O5. The van der Waals surface area contributed by atoms with E-state index in [-0.39, 0.29) is 37.6 Å². The largest absolute Gasteiger partial charge is 0.379 e. The Morgan fingerprint density at radius 1 is 1.12 bits per heavy atom. The Hall–Kier alpha value is -1.93. The third-order valence-electron chi connectivity index (χ3n) is 4.22. The summed E-state index contributed by atoms with van der Waals surface area (Å²) in [5.74, 6) is -1.13. The van der Waals surface area contributed by atoms with Gasteiger partial charge in [0.2, 0.25) is 17.7 Å². The van der Waals surface area contributed by atoms with E-state index in [1.807, 2.05) is 6.92 Å². The highest BCUT2D eigenvalue weighted by atomic mass is 16.5. The molecule has 0 heterocycles. The maximum Gasteiger partial charge on any atom is 0.246 e. The average Bonchev–Trinajstić information content (AvgIpc) is 2.64. The number of rotatable bonds is 10. The molecule has 8 nitrogen and oxygen atoms in total. The predicted molar refractivity (Wildman–Crippen MR) is 92.8 cm³/mol. The summed E-state index contributed by atoms with van der Waals surface area (Å²) in [6.07, 6.45) is 5.22. The SMILES string of the molecule is C=CC1(OCC(=O)NCC(=O)NCC(=O)NC)CCC(OCC)CC1. The van der Waals surface area contributed by atoms with Gasteiger partial charge in [0, 0.05) is 13.7 Å². The van der Waals surface area contributed by atoms with Crippen LogP contribution in [0.1, 0.15) is 32.6 Å². The van der Waals surface area contributed by atoms with E-state index in [2.05, 4.69) is 22.5 Å². The van der Waals surface area contributed by atoms with Gasteiger partial charge in [0.05, 0.1) is 24.8 Å². The normalized spacial score (nSPS) is 22.7. The smallest absolute Gasteiger partial charge is 0.246 e. The molecule has 1 aliphatic rings. The molecule has 1 fully saturated rings. The molecule has 8 heteroatoms. The summed E-state index contributed by atoms with van der Waals surface area (Å²) in [6.45, 7) is 6.02. The van der Waals surface area contributed by atoms with Crippen LogP contribution in [0, 0.1) is 0 Å². The molecular weight excluding hydrogens is 326 g/mol. The highest BCUT2D eigenvalue weighted by Gasteiger charge is 2.34. The molecule has 0 aromatic carbocycles. The van der Waals surface area contributed by atoms with E-state index in [0.29, 0.717) is 6.61 Å². The fourth-order valence-corrected chi connectivity index (χ4v) is 2.66. The van der Waals surface area contributed by atoms with Crippen molar-refractivity contribution in [3.05, 3.63) is 12.7 Å². The summed E-state index contributed by atoms with van der Waals surface area (Å²) in [4.78, 5) is 34.4. The average molecular weight is 355 g/mol. The van der Waals surface area contributed by atoms with Gasteiger partial charge in [-0.05, 0) is 32.6 Å². The molecule has 0 bridgehead atoms. The van der Waals surface area contributed by atoms with Gasteiger partial charge in [0.1, 0.15) is 6.61 Å². The molecule has 1 aliphatic carbocycles. The summed E-state index contributed by atoms with van der Waals surface area (Å²) in [5, 5.41) is 7.24. The van der Waals surface area contributed by atoms with Crippen LogP contribution in [0.3, 0.4) is 0 Å². The number of amides is 3. The monoisotopic (exact) mass is 355 g/mol. The van der Waals surface area contributed by atoms with Gasteiger partial charge in [-0.25, -0.2) is 0 Å². The Morgan fingerprint density at radius 2 is 1.72 bits per heavy atom. The molecule has 0 spiro atoms. The van der Waals surface area contributed by atoms with E-state index in [0.717, 1.165) is 25.7 Å². The fraction of sp³-hybridized carbons (Fsp3) is 0.706. The lowest BCUT2D eigenvalue weighted by Gasteiger charge is -2.37. The van der Waals surface area contributed by atoms with Gasteiger partial charge in [0.15, 0.2) is 0 Å². The first-order valence-corrected chi connectivity index (χ1v) is 8.57. The molecule has 0 radical (unpaired) electrons. The fourth-order valence-electron chi connectivity index (χ4n) is 2.66. The van der Waals surface area contributed by atoms with Gasteiger partial charge in [-0.2, -0.15) is 0 Å². The maximum atomic E-state index is 11.9. The summed E-state index contributed by atoms with van der Waals surface area (Å²) in [5.41, 5.74) is -0.521. The third kappa shape index (κ3) is 7.66. The van der Waals surface area contributed by atoms with E-state index in [9.17, 15) is 14.4 Å². The number of likely N-dealkylation sites (N-methyl/N-ethyl adjacent to an activating group) is 1. The van der Waals surface area contributed by atoms with Crippen LogP contribution in [0.2, 0.25) is 0 Å². The van der Waals surface area contributed by atoms with Crippen molar-refractivity contribution in [1.29, 1.82) is 0 Å². The van der Waals surface area contributed by atoms with E-state index >= 15 is 0 Å². The van der Waals surface area contributed by atoms with Crippen molar-refractivity contribution in [2.75, 3.05) is 33.4 Å². The Labute approximate surface area is 148 Å². The molecule has 1 rings (SSSR count). The highest BCUT2D eigenvalue weighted by molar-refractivity contribution is 5.88. The zero-order chi connectivity index (χ0) is 18.7. The molecule has 0 aromatic rings. The molecule has 0 atom stereocenters. The lowest BCUT2D eigenvalue weighted by molar-refractivity contribution is -0.135. The summed E-state index contributed by atoms with van der Waals surface area (Å²) < 4.78 is 11.4. The first-order valence-electron chi connectivity index (χ1n) is 8.57. The maximum absolute atomic E-state index is 11.9. The summed E-state index contributed by atoms with van der Waals surface area (Å²) >= 11 is 0. The van der Waals surface area contributed by atoms with Crippen LogP contribution in [0.4, 0.5) is 0 Å². The minimum Gasteiger partial charge on any atom is -0.379 e. The van der Waals surface area contributed by atoms with E-state index < -0.39 is 11.5 Å². The first kappa shape index (κ1) is 21.1. The third-order valence-corrected chi connectivity index (χ3v) is 4.22. The second-order valence-electron chi connectivity index (χ2n) is 5.94. The van der Waals surface area contributed by atoms with Crippen molar-refractivity contribution >= 4 is 17.7 Å². The number of carbonyl (C=O) groups excluding carboxylic acids is 3. The van der Waals surface area contributed by atoms with Gasteiger partial charge >= 0.3 is 0 Å². The molecule has 0 unspecified atom stereocenters. The molecule has 25 heavy (non-hydrogen) atoms. The molecule has 1 saturated carbocycles. The van der Waals surface area contributed by atoms with Crippen molar-refractivity contribution in [3.63, 3.8) is 0 Å². The Balaban J connectivity index is 2.29. The number of hydrogen-bond donors (Lipinski definition) is 3. The van der Waals surface area contributed by atoms with E-state index in [1.54, 1.807) is 6.08 Å². The first-order chi connectivity index (χ1) is 11.9. The van der Waals surface area contributed by atoms with Gasteiger partial charge < -0.3 is 25.4 Å².